The lowest BCUT2D eigenvalue weighted by atomic mass is 9.89. The lowest BCUT2D eigenvalue weighted by Crippen LogP contribution is -2.50. The number of cyclic esters (lactones) is 1. The van der Waals surface area contributed by atoms with Crippen LogP contribution < -0.4 is 0 Å². The van der Waals surface area contributed by atoms with Gasteiger partial charge in [0.15, 0.2) is 0 Å². The van der Waals surface area contributed by atoms with Crippen LogP contribution in [-0.2, 0) is 16.0 Å². The molecule has 0 saturated carbocycles. The topological polar surface area (TPSA) is 29.5 Å². The fraction of sp³-hybridized carbons (Fsp3) is 0.500. The molecule has 0 aliphatic carbocycles. The van der Waals surface area contributed by atoms with Crippen LogP contribution in [0.15, 0.2) is 30.3 Å². The zero-order chi connectivity index (χ0) is 14.4. The fourth-order valence-electron chi connectivity index (χ4n) is 3.17. The normalized spacial score (nSPS) is 30.4. The van der Waals surface area contributed by atoms with Gasteiger partial charge in [-0.3, -0.25) is 0 Å². The lowest BCUT2D eigenvalue weighted by Gasteiger charge is -2.32. The summed E-state index contributed by atoms with van der Waals surface area (Å²) >= 11 is 17.8. The lowest BCUT2D eigenvalue weighted by molar-refractivity contribution is -0.145. The molecule has 0 N–H and O–H groups in total. The monoisotopic (exact) mass is 333 g/mol. The highest BCUT2D eigenvalue weighted by Gasteiger charge is 2.62. The van der Waals surface area contributed by atoms with Crippen molar-refractivity contribution in [2.24, 2.45) is 0 Å². The van der Waals surface area contributed by atoms with Crippen LogP contribution in [0.25, 0.3) is 0 Å². The van der Waals surface area contributed by atoms with Crippen molar-refractivity contribution < 1.29 is 9.53 Å². The summed E-state index contributed by atoms with van der Waals surface area (Å²) in [5.41, 5.74) is 0.400. The molecule has 3 rings (SSSR count). The van der Waals surface area contributed by atoms with Gasteiger partial charge in [0.1, 0.15) is 5.54 Å². The van der Waals surface area contributed by atoms with E-state index < -0.39 is 15.6 Å². The van der Waals surface area contributed by atoms with E-state index in [4.69, 9.17) is 39.5 Å². The Hall–Kier alpha value is -0.480. The summed E-state index contributed by atoms with van der Waals surface area (Å²) in [7, 11) is 0. The molecular formula is C14H14Cl3NO2. The van der Waals surface area contributed by atoms with Crippen LogP contribution in [0, 0.1) is 0 Å². The average Bonchev–Trinajstić information content (AvgIpc) is 2.90. The Morgan fingerprint density at radius 2 is 2.00 bits per heavy atom. The summed E-state index contributed by atoms with van der Waals surface area (Å²) in [5, 5.41) is 0. The maximum atomic E-state index is 12.4. The van der Waals surface area contributed by atoms with Gasteiger partial charge in [-0.1, -0.05) is 65.1 Å². The smallest absolute Gasteiger partial charge is 0.328 e. The van der Waals surface area contributed by atoms with E-state index in [9.17, 15) is 4.79 Å². The molecule has 0 bridgehead atoms. The van der Waals surface area contributed by atoms with Gasteiger partial charge in [-0.15, -0.1) is 0 Å². The van der Waals surface area contributed by atoms with Crippen molar-refractivity contribution in [3.63, 3.8) is 0 Å². The molecule has 0 spiro atoms. The predicted octanol–water partition coefficient (Wildman–Crippen LogP) is 3.32. The van der Waals surface area contributed by atoms with E-state index in [1.54, 1.807) is 0 Å². The Bertz CT molecular complexity index is 517. The first-order chi connectivity index (χ1) is 9.43. The second-order valence-corrected chi connectivity index (χ2v) is 7.66. The minimum absolute atomic E-state index is 0.282. The first-order valence-corrected chi connectivity index (χ1v) is 7.65. The van der Waals surface area contributed by atoms with Crippen molar-refractivity contribution in [2.45, 2.75) is 34.8 Å². The van der Waals surface area contributed by atoms with Gasteiger partial charge in [0, 0.05) is 13.0 Å². The van der Waals surface area contributed by atoms with Crippen LogP contribution in [-0.4, -0.2) is 33.0 Å². The summed E-state index contributed by atoms with van der Waals surface area (Å²) in [6.07, 6.45) is 1.42. The number of carbonyl (C=O) groups excluding carboxylic acids is 1. The molecule has 2 saturated heterocycles. The molecule has 2 heterocycles. The number of alkyl halides is 3. The van der Waals surface area contributed by atoms with Crippen molar-refractivity contribution in [1.29, 1.82) is 0 Å². The van der Waals surface area contributed by atoms with E-state index >= 15 is 0 Å². The largest absolute Gasteiger partial charge is 0.440 e. The van der Waals surface area contributed by atoms with Gasteiger partial charge in [-0.2, -0.15) is 0 Å². The molecule has 20 heavy (non-hydrogen) atoms. The minimum Gasteiger partial charge on any atom is -0.440 e. The van der Waals surface area contributed by atoms with Crippen LogP contribution >= 0.6 is 34.8 Å². The Kier molecular flexibility index (Phi) is 3.66. The Labute approximate surface area is 132 Å². The van der Waals surface area contributed by atoms with Gasteiger partial charge in [0.25, 0.3) is 0 Å². The van der Waals surface area contributed by atoms with E-state index in [2.05, 4.69) is 0 Å². The molecule has 2 fully saturated rings. The third-order valence-electron chi connectivity index (χ3n) is 4.04. The third kappa shape index (κ3) is 2.31. The second kappa shape index (κ2) is 5.06. The van der Waals surface area contributed by atoms with E-state index in [-0.39, 0.29) is 5.97 Å². The highest BCUT2D eigenvalue weighted by atomic mass is 35.6. The quantitative estimate of drug-likeness (QED) is 0.614. The zero-order valence-corrected chi connectivity index (χ0v) is 13.0. The standard InChI is InChI=1S/C14H14Cl3NO2/c15-14(16,17)11-18-8-4-7-13(18,12(19)20-11)9-10-5-2-1-3-6-10/h1-3,5-6,11H,4,7-9H2/t11-,13+/m1/s1. The predicted molar refractivity (Wildman–Crippen MR) is 79.0 cm³/mol. The molecule has 1 aromatic carbocycles. The van der Waals surface area contributed by atoms with Gasteiger partial charge in [-0.25, -0.2) is 9.69 Å². The number of halogens is 3. The Morgan fingerprint density at radius 3 is 2.65 bits per heavy atom. The summed E-state index contributed by atoms with van der Waals surface area (Å²) in [4.78, 5) is 14.3. The molecule has 0 amide bonds. The van der Waals surface area contributed by atoms with Crippen molar-refractivity contribution in [3.05, 3.63) is 35.9 Å². The molecule has 3 nitrogen and oxygen atoms in total. The fourth-order valence-corrected chi connectivity index (χ4v) is 3.66. The van der Waals surface area contributed by atoms with Gasteiger partial charge in [0.2, 0.25) is 10.0 Å². The Balaban J connectivity index is 1.93. The van der Waals surface area contributed by atoms with Crippen LogP contribution in [0.2, 0.25) is 0 Å². The number of hydrogen-bond acceptors (Lipinski definition) is 3. The third-order valence-corrected chi connectivity index (χ3v) is 4.60. The van der Waals surface area contributed by atoms with Gasteiger partial charge >= 0.3 is 5.97 Å². The van der Waals surface area contributed by atoms with Crippen LogP contribution in [0.5, 0.6) is 0 Å². The summed E-state index contributed by atoms with van der Waals surface area (Å²) in [6.45, 7) is 0.706. The SMILES string of the molecule is O=C1O[C@H](C(Cl)(Cl)Cl)N2CCC[C@]12Cc1ccccc1. The van der Waals surface area contributed by atoms with Crippen molar-refractivity contribution in [2.75, 3.05) is 6.54 Å². The molecule has 0 radical (unpaired) electrons. The van der Waals surface area contributed by atoms with E-state index in [1.165, 1.54) is 0 Å². The summed E-state index contributed by atoms with van der Waals surface area (Å²) < 4.78 is 3.73. The number of ether oxygens (including phenoxy) is 1. The van der Waals surface area contributed by atoms with Crippen molar-refractivity contribution >= 4 is 40.8 Å². The van der Waals surface area contributed by atoms with Gasteiger partial charge in [-0.05, 0) is 18.4 Å². The molecule has 0 unspecified atom stereocenters. The maximum Gasteiger partial charge on any atom is 0.328 e. The number of fused-ring (bicyclic) bond motifs is 1. The zero-order valence-electron chi connectivity index (χ0n) is 10.7. The number of hydrogen-bond donors (Lipinski definition) is 0. The first kappa shape index (κ1) is 14.5. The highest BCUT2D eigenvalue weighted by molar-refractivity contribution is 6.68. The Morgan fingerprint density at radius 1 is 1.30 bits per heavy atom. The number of benzene rings is 1. The molecule has 6 heteroatoms. The molecular weight excluding hydrogens is 321 g/mol. The molecule has 0 aromatic heterocycles. The number of nitrogens with zero attached hydrogens (tertiary/aromatic N) is 1. The van der Waals surface area contributed by atoms with Gasteiger partial charge < -0.3 is 4.74 Å². The van der Waals surface area contributed by atoms with E-state index in [1.807, 2.05) is 35.2 Å². The van der Waals surface area contributed by atoms with Crippen LogP contribution in [0.3, 0.4) is 0 Å². The highest BCUT2D eigenvalue weighted by Crippen LogP contribution is 2.47. The number of rotatable bonds is 2. The number of carbonyl (C=O) groups is 1. The molecule has 108 valence electrons. The van der Waals surface area contributed by atoms with Crippen molar-refractivity contribution in [3.8, 4) is 0 Å². The van der Waals surface area contributed by atoms with Crippen molar-refractivity contribution in [1.82, 2.24) is 4.90 Å². The number of esters is 1. The van der Waals surface area contributed by atoms with Gasteiger partial charge in [0.05, 0.1) is 0 Å². The molecule has 2 atom stereocenters. The molecule has 2 aliphatic heterocycles. The second-order valence-electron chi connectivity index (χ2n) is 5.29. The van der Waals surface area contributed by atoms with Crippen LogP contribution in [0.1, 0.15) is 18.4 Å². The summed E-state index contributed by atoms with van der Waals surface area (Å²) in [6, 6.07) is 9.86. The first-order valence-electron chi connectivity index (χ1n) is 6.52. The van der Waals surface area contributed by atoms with E-state index in [0.29, 0.717) is 13.0 Å². The average molecular weight is 335 g/mol. The minimum atomic E-state index is -1.63. The molecule has 2 aliphatic rings. The molecule has 1 aromatic rings. The summed E-state index contributed by atoms with van der Waals surface area (Å²) in [5.74, 6) is -0.282. The maximum absolute atomic E-state index is 12.4. The van der Waals surface area contributed by atoms with E-state index in [0.717, 1.165) is 18.4 Å². The van der Waals surface area contributed by atoms with Crippen LogP contribution in [0.4, 0.5) is 0 Å².